The normalized spacial score (nSPS) is 12.2. The third-order valence-electron chi connectivity index (χ3n) is 7.10. The van der Waals surface area contributed by atoms with Crippen molar-refractivity contribution in [3.05, 3.63) is 88.1 Å². The fourth-order valence-corrected chi connectivity index (χ4v) is 5.87. The third-order valence-corrected chi connectivity index (χ3v) is 8.09. The van der Waals surface area contributed by atoms with Crippen LogP contribution in [-0.2, 0) is 13.0 Å². The van der Waals surface area contributed by atoms with Gasteiger partial charge in [0.05, 0.1) is 0 Å². The molecule has 0 saturated carbocycles. The molecule has 3 heterocycles. The van der Waals surface area contributed by atoms with Gasteiger partial charge < -0.3 is 26.4 Å². The molecule has 4 aromatic rings. The average Bonchev–Trinajstić information content (AvgIpc) is 3.41. The van der Waals surface area contributed by atoms with Crippen molar-refractivity contribution in [2.75, 3.05) is 30.4 Å². The summed E-state index contributed by atoms with van der Waals surface area (Å²) in [5, 5.41) is 17.9. The highest BCUT2D eigenvalue weighted by Crippen LogP contribution is 2.43. The molecule has 2 amide bonds. The molecule has 0 unspecified atom stereocenters. The number of carbonyl (C=O) groups excluding carboxylic acids is 2. The standard InChI is InChI=1S/C31H31N5O4S/c1-3-12-33-30(38)25-9-8-21(27(35-25)31(39)40)22-16-26-24(28-19(11-14-41-28)10-13-36(26)2)15-23(22)29(37)34-20-6-4-18(17-32)5-7-20/h4-9,11,14-16H,3,10,12-13,17,32H2,1-2H3,(H,33,38)(H,34,37)(H,39,40). The predicted molar refractivity (Wildman–Crippen MR) is 162 cm³/mol. The molecule has 0 atom stereocenters. The zero-order chi connectivity index (χ0) is 29.1. The summed E-state index contributed by atoms with van der Waals surface area (Å²) < 4.78 is 0. The second-order valence-corrected chi connectivity index (χ2v) is 10.8. The molecule has 5 N–H and O–H groups in total. The van der Waals surface area contributed by atoms with Gasteiger partial charge in [0.25, 0.3) is 11.8 Å². The zero-order valence-electron chi connectivity index (χ0n) is 22.9. The quantitative estimate of drug-likeness (QED) is 0.234. The van der Waals surface area contributed by atoms with Gasteiger partial charge in [-0.1, -0.05) is 19.1 Å². The molecule has 0 spiro atoms. The molecule has 0 bridgehead atoms. The Kier molecular flexibility index (Phi) is 8.14. The van der Waals surface area contributed by atoms with Crippen LogP contribution in [0.25, 0.3) is 21.6 Å². The lowest BCUT2D eigenvalue weighted by Crippen LogP contribution is -2.25. The number of amides is 2. The van der Waals surface area contributed by atoms with E-state index in [0.717, 1.165) is 41.1 Å². The van der Waals surface area contributed by atoms with Crippen molar-refractivity contribution in [2.45, 2.75) is 26.3 Å². The van der Waals surface area contributed by atoms with Crippen LogP contribution in [0, 0.1) is 0 Å². The lowest BCUT2D eigenvalue weighted by atomic mass is 9.93. The van der Waals surface area contributed by atoms with E-state index in [9.17, 15) is 19.5 Å². The number of likely N-dealkylation sites (N-methyl/N-ethyl adjacent to an activating group) is 1. The summed E-state index contributed by atoms with van der Waals surface area (Å²) in [6.45, 7) is 3.52. The first-order valence-corrected chi connectivity index (χ1v) is 14.3. The Morgan fingerprint density at radius 1 is 1.02 bits per heavy atom. The SMILES string of the molecule is CCCNC(=O)c1ccc(-c2cc3c(cc2C(=O)Nc2ccc(CN)cc2)-c2sccc2CCN3C)c(C(=O)O)n1. The minimum atomic E-state index is -1.29. The van der Waals surface area contributed by atoms with E-state index in [1.54, 1.807) is 29.5 Å². The molecule has 0 saturated heterocycles. The van der Waals surface area contributed by atoms with E-state index in [2.05, 4.69) is 26.6 Å². The van der Waals surface area contributed by atoms with Crippen molar-refractivity contribution >= 4 is 40.5 Å². The van der Waals surface area contributed by atoms with Gasteiger partial charge in [-0.2, -0.15) is 0 Å². The average molecular weight is 570 g/mol. The van der Waals surface area contributed by atoms with E-state index >= 15 is 0 Å². The first kappa shape index (κ1) is 28.0. The van der Waals surface area contributed by atoms with Crippen LogP contribution in [0.3, 0.4) is 0 Å². The van der Waals surface area contributed by atoms with Gasteiger partial charge in [0, 0.05) is 59.6 Å². The number of hydrogen-bond donors (Lipinski definition) is 4. The maximum Gasteiger partial charge on any atom is 0.355 e. The number of carboxylic acids is 1. The van der Waals surface area contributed by atoms with Crippen molar-refractivity contribution in [1.82, 2.24) is 10.3 Å². The Morgan fingerprint density at radius 2 is 1.80 bits per heavy atom. The number of nitrogens with two attached hydrogens (primary N) is 1. The number of aromatic nitrogens is 1. The second kappa shape index (κ2) is 11.9. The van der Waals surface area contributed by atoms with E-state index in [4.69, 9.17) is 5.73 Å². The smallest absolute Gasteiger partial charge is 0.355 e. The van der Waals surface area contributed by atoms with Crippen LogP contribution in [0.2, 0.25) is 0 Å². The van der Waals surface area contributed by atoms with Crippen molar-refractivity contribution in [3.63, 3.8) is 0 Å². The summed E-state index contributed by atoms with van der Waals surface area (Å²) in [7, 11) is 1.98. The number of anilines is 2. The van der Waals surface area contributed by atoms with Crippen LogP contribution in [-0.4, -0.2) is 48.0 Å². The molecule has 0 radical (unpaired) electrons. The lowest BCUT2D eigenvalue weighted by molar-refractivity contribution is 0.0691. The van der Waals surface area contributed by atoms with Crippen molar-refractivity contribution in [3.8, 4) is 21.6 Å². The number of aromatic carboxylic acids is 1. The van der Waals surface area contributed by atoms with Crippen LogP contribution in [0.1, 0.15) is 55.8 Å². The largest absolute Gasteiger partial charge is 0.476 e. The van der Waals surface area contributed by atoms with Gasteiger partial charge in [-0.15, -0.1) is 11.3 Å². The number of thiophene rings is 1. The molecule has 10 heteroatoms. The van der Waals surface area contributed by atoms with Gasteiger partial charge in [-0.3, -0.25) is 9.59 Å². The summed E-state index contributed by atoms with van der Waals surface area (Å²) in [4.78, 5) is 46.3. The number of pyridine rings is 1. The van der Waals surface area contributed by atoms with E-state index in [-0.39, 0.29) is 17.0 Å². The van der Waals surface area contributed by atoms with Gasteiger partial charge in [0.15, 0.2) is 5.69 Å². The Balaban J connectivity index is 1.68. The van der Waals surface area contributed by atoms with Crippen LogP contribution in [0.5, 0.6) is 0 Å². The molecule has 2 aromatic heterocycles. The van der Waals surface area contributed by atoms with Gasteiger partial charge in [-0.25, -0.2) is 9.78 Å². The summed E-state index contributed by atoms with van der Waals surface area (Å²) in [5.41, 5.74) is 10.9. The fraction of sp³-hybridized carbons (Fsp3) is 0.226. The number of fused-ring (bicyclic) bond motifs is 3. The highest BCUT2D eigenvalue weighted by Gasteiger charge is 2.27. The predicted octanol–water partition coefficient (Wildman–Crippen LogP) is 5.02. The summed E-state index contributed by atoms with van der Waals surface area (Å²) in [5.74, 6) is -2.14. The van der Waals surface area contributed by atoms with Crippen LogP contribution in [0.15, 0.2) is 60.0 Å². The number of nitrogens with zero attached hydrogens (tertiary/aromatic N) is 2. The highest BCUT2D eigenvalue weighted by atomic mass is 32.1. The molecule has 0 fully saturated rings. The van der Waals surface area contributed by atoms with E-state index in [1.807, 2.05) is 43.6 Å². The number of rotatable bonds is 8. The maximum absolute atomic E-state index is 13.9. The molecule has 1 aliphatic heterocycles. The van der Waals surface area contributed by atoms with E-state index in [1.165, 1.54) is 11.6 Å². The number of carboxylic acid groups (broad SMARTS) is 1. The van der Waals surface area contributed by atoms with Gasteiger partial charge in [0.2, 0.25) is 0 Å². The summed E-state index contributed by atoms with van der Waals surface area (Å²) in [6.07, 6.45) is 1.58. The number of hydrogen-bond acceptors (Lipinski definition) is 7. The van der Waals surface area contributed by atoms with Crippen molar-refractivity contribution in [1.29, 1.82) is 0 Å². The summed E-state index contributed by atoms with van der Waals surface area (Å²) >= 11 is 1.61. The monoisotopic (exact) mass is 569 g/mol. The Bertz CT molecular complexity index is 1630. The minimum Gasteiger partial charge on any atom is -0.476 e. The van der Waals surface area contributed by atoms with Gasteiger partial charge in [0.1, 0.15) is 5.69 Å². The highest BCUT2D eigenvalue weighted by molar-refractivity contribution is 7.13. The molecule has 2 aromatic carbocycles. The minimum absolute atomic E-state index is 0.000649. The zero-order valence-corrected chi connectivity index (χ0v) is 23.7. The topological polar surface area (TPSA) is 138 Å². The lowest BCUT2D eigenvalue weighted by Gasteiger charge is -2.23. The van der Waals surface area contributed by atoms with E-state index in [0.29, 0.717) is 29.9 Å². The fourth-order valence-electron chi connectivity index (χ4n) is 4.89. The molecule has 9 nitrogen and oxygen atoms in total. The molecule has 5 rings (SSSR count). The first-order valence-electron chi connectivity index (χ1n) is 13.4. The third kappa shape index (κ3) is 5.70. The van der Waals surface area contributed by atoms with Crippen molar-refractivity contribution < 1.29 is 19.5 Å². The van der Waals surface area contributed by atoms with Crippen LogP contribution < -0.4 is 21.3 Å². The second-order valence-electron chi connectivity index (χ2n) is 9.87. The Morgan fingerprint density at radius 3 is 2.51 bits per heavy atom. The van der Waals surface area contributed by atoms with Crippen LogP contribution in [0.4, 0.5) is 11.4 Å². The van der Waals surface area contributed by atoms with E-state index < -0.39 is 17.8 Å². The number of carbonyl (C=O) groups is 3. The molecular formula is C31H31N5O4S. The molecule has 41 heavy (non-hydrogen) atoms. The Labute approximate surface area is 242 Å². The molecule has 1 aliphatic rings. The summed E-state index contributed by atoms with van der Waals surface area (Å²) in [6, 6.07) is 16.1. The molecular weight excluding hydrogens is 538 g/mol. The van der Waals surface area contributed by atoms with Crippen LogP contribution >= 0.6 is 11.3 Å². The maximum atomic E-state index is 13.9. The number of benzene rings is 2. The van der Waals surface area contributed by atoms with Gasteiger partial charge in [-0.05, 0) is 77.4 Å². The number of nitrogens with one attached hydrogen (secondary N) is 2. The molecule has 210 valence electrons. The first-order chi connectivity index (χ1) is 19.8. The van der Waals surface area contributed by atoms with Crippen molar-refractivity contribution in [2.24, 2.45) is 5.73 Å². The Hall–Kier alpha value is -4.54. The molecule has 0 aliphatic carbocycles. The van der Waals surface area contributed by atoms with Gasteiger partial charge >= 0.3 is 5.97 Å².